The quantitative estimate of drug-likeness (QED) is 0.160. The van der Waals surface area contributed by atoms with Crippen molar-refractivity contribution in [3.05, 3.63) is 84.9 Å². The molecule has 2 bridgehead atoms. The molecule has 3 aromatic carbocycles. The summed E-state index contributed by atoms with van der Waals surface area (Å²) in [7, 11) is -4.48. The number of benzene rings is 3. The zero-order valence-electron chi connectivity index (χ0n) is 23.0. The summed E-state index contributed by atoms with van der Waals surface area (Å²) in [5.41, 5.74) is -1.22. The van der Waals surface area contributed by atoms with Gasteiger partial charge in [0.15, 0.2) is 15.5 Å². The van der Waals surface area contributed by atoms with Crippen molar-refractivity contribution < 1.29 is 22.5 Å². The second kappa shape index (κ2) is 12.3. The molecule has 2 aliphatic rings. The van der Waals surface area contributed by atoms with Gasteiger partial charge in [0.25, 0.3) is 0 Å². The first-order chi connectivity index (χ1) is 18.6. The summed E-state index contributed by atoms with van der Waals surface area (Å²) >= 11 is 0. The van der Waals surface area contributed by atoms with Gasteiger partial charge in [-0.25, -0.2) is 8.42 Å². The van der Waals surface area contributed by atoms with Gasteiger partial charge in [-0.3, -0.25) is 4.79 Å². The first-order valence-electron chi connectivity index (χ1n) is 13.6. The topological polar surface area (TPSA) is 83.5 Å². The molecule has 3 aromatic rings. The minimum Gasteiger partial charge on any atom is -0.748 e. The molecule has 0 saturated heterocycles. The summed E-state index contributed by atoms with van der Waals surface area (Å²) in [5, 5.41) is 0. The van der Waals surface area contributed by atoms with Gasteiger partial charge in [0, 0.05) is 11.8 Å². The second-order valence-electron chi connectivity index (χ2n) is 10.9. The van der Waals surface area contributed by atoms with Crippen molar-refractivity contribution >= 4 is 26.8 Å². The Hall–Kier alpha value is -2.61. The van der Waals surface area contributed by atoms with Crippen LogP contribution in [0, 0.1) is 16.7 Å². The maximum atomic E-state index is 11.8. The van der Waals surface area contributed by atoms with E-state index in [1.807, 2.05) is 13.8 Å². The molecule has 0 heterocycles. The summed E-state index contributed by atoms with van der Waals surface area (Å²) in [6, 6.07) is 29.9. The van der Waals surface area contributed by atoms with Gasteiger partial charge in [-0.1, -0.05) is 75.7 Å². The van der Waals surface area contributed by atoms with Gasteiger partial charge < -0.3 is 9.29 Å². The molecule has 39 heavy (non-hydrogen) atoms. The lowest BCUT2D eigenvalue weighted by Gasteiger charge is -2.37. The lowest BCUT2D eigenvalue weighted by molar-refractivity contribution is -0.128. The van der Waals surface area contributed by atoms with Gasteiger partial charge >= 0.3 is 0 Å². The van der Waals surface area contributed by atoms with Crippen molar-refractivity contribution in [2.45, 2.75) is 67.6 Å². The van der Waals surface area contributed by atoms with E-state index < -0.39 is 21.3 Å². The molecule has 5 nitrogen and oxygen atoms in total. The van der Waals surface area contributed by atoms with Crippen molar-refractivity contribution in [2.75, 3.05) is 12.4 Å². The minimum absolute atomic E-state index is 0.0248. The van der Waals surface area contributed by atoms with Crippen LogP contribution in [0.2, 0.25) is 0 Å². The summed E-state index contributed by atoms with van der Waals surface area (Å²) in [4.78, 5) is 15.7. The van der Waals surface area contributed by atoms with Crippen molar-refractivity contribution in [3.63, 3.8) is 0 Å². The summed E-state index contributed by atoms with van der Waals surface area (Å²) in [6.07, 6.45) is 4.10. The van der Waals surface area contributed by atoms with E-state index in [0.29, 0.717) is 12.8 Å². The second-order valence-corrected chi connectivity index (χ2v) is 14.3. The van der Waals surface area contributed by atoms with Crippen molar-refractivity contribution in [1.29, 1.82) is 0 Å². The fourth-order valence-electron chi connectivity index (χ4n) is 5.98. The highest BCUT2D eigenvalue weighted by molar-refractivity contribution is 7.97. The number of hydrogen-bond donors (Lipinski definition) is 0. The number of fused-ring (bicyclic) bond motifs is 2. The predicted octanol–water partition coefficient (Wildman–Crippen LogP) is 6.89. The Morgan fingerprint density at radius 2 is 1.49 bits per heavy atom. The van der Waals surface area contributed by atoms with Crippen LogP contribution in [0.15, 0.2) is 99.6 Å². The van der Waals surface area contributed by atoms with Crippen molar-refractivity contribution in [2.24, 2.45) is 16.7 Å². The number of ether oxygens (including phenoxy) is 1. The largest absolute Gasteiger partial charge is 0.748 e. The van der Waals surface area contributed by atoms with Crippen LogP contribution in [0.5, 0.6) is 5.75 Å². The number of para-hydroxylation sites is 1. The molecule has 2 saturated carbocycles. The molecule has 208 valence electrons. The molecular weight excluding hydrogens is 528 g/mol. The first-order valence-corrected chi connectivity index (χ1v) is 16.4. The van der Waals surface area contributed by atoms with E-state index in [-0.39, 0.29) is 28.0 Å². The third-order valence-corrected chi connectivity index (χ3v) is 11.5. The van der Waals surface area contributed by atoms with Crippen LogP contribution in [0.4, 0.5) is 0 Å². The molecule has 2 unspecified atom stereocenters. The highest BCUT2D eigenvalue weighted by atomic mass is 32.2. The summed E-state index contributed by atoms with van der Waals surface area (Å²) in [6.45, 7) is 6.80. The standard InChI is InChI=1S/C22H23OS.C10H16O4S/c1-2-3-18-23-21-16-10-11-17-22(21)24(19-12-6-4-7-13-19)20-14-8-5-9-15-20;1-9(2)7-3-4-10(9,8(11)5-7)6-15(12,13)14/h4-17H,2-3,18H2,1H3;7H,3-6H2,1-2H3,(H,12,13,14)/q+1;/p-1. The third-order valence-electron chi connectivity index (χ3n) is 8.34. The smallest absolute Gasteiger partial charge is 0.208 e. The van der Waals surface area contributed by atoms with E-state index in [2.05, 4.69) is 91.9 Å². The van der Waals surface area contributed by atoms with Crippen LogP contribution in [0.1, 0.15) is 52.9 Å². The highest BCUT2D eigenvalue weighted by Crippen LogP contribution is 2.64. The van der Waals surface area contributed by atoms with Gasteiger partial charge in [0.05, 0.1) is 22.5 Å². The van der Waals surface area contributed by atoms with E-state index in [9.17, 15) is 17.8 Å². The number of hydrogen-bond acceptors (Lipinski definition) is 5. The Kier molecular flexibility index (Phi) is 9.25. The molecule has 0 radical (unpaired) electrons. The number of ketones is 1. The fourth-order valence-corrected chi connectivity index (χ4v) is 9.44. The van der Waals surface area contributed by atoms with Crippen LogP contribution >= 0.6 is 0 Å². The van der Waals surface area contributed by atoms with Crippen LogP contribution < -0.4 is 4.74 Å². The van der Waals surface area contributed by atoms with Gasteiger partial charge in [0.2, 0.25) is 4.90 Å². The summed E-state index contributed by atoms with van der Waals surface area (Å²) < 4.78 is 38.8. The predicted molar refractivity (Wildman–Crippen MR) is 155 cm³/mol. The van der Waals surface area contributed by atoms with Crippen LogP contribution in [-0.4, -0.2) is 31.1 Å². The van der Waals surface area contributed by atoms with E-state index in [1.165, 1.54) is 14.7 Å². The number of Topliss-reactive ketones (excluding diaryl/α,β-unsaturated/α-hetero) is 1. The zero-order valence-corrected chi connectivity index (χ0v) is 24.6. The number of carbonyl (C=O) groups excluding carboxylic acids is 1. The van der Waals surface area contributed by atoms with Crippen LogP contribution in [-0.2, 0) is 25.8 Å². The molecule has 2 aliphatic carbocycles. The molecule has 2 atom stereocenters. The van der Waals surface area contributed by atoms with E-state index in [0.717, 1.165) is 31.6 Å². The lowest BCUT2D eigenvalue weighted by atomic mass is 9.70. The minimum atomic E-state index is -4.33. The number of unbranched alkanes of at least 4 members (excludes halogenated alkanes) is 1. The molecular formula is C32H38O5S2. The number of rotatable bonds is 9. The summed E-state index contributed by atoms with van der Waals surface area (Å²) in [5.74, 6) is 0.722. The van der Waals surface area contributed by atoms with Gasteiger partial charge in [-0.05, 0) is 67.0 Å². The Balaban J connectivity index is 0.000000202. The number of carbonyl (C=O) groups is 1. The molecule has 0 aliphatic heterocycles. The van der Waals surface area contributed by atoms with Gasteiger partial charge in [0.1, 0.15) is 16.7 Å². The monoisotopic (exact) mass is 566 g/mol. The first kappa shape index (κ1) is 29.4. The molecule has 2 fully saturated rings. The molecule has 0 N–H and O–H groups in total. The Morgan fingerprint density at radius 3 is 1.97 bits per heavy atom. The van der Waals surface area contributed by atoms with Crippen LogP contribution in [0.25, 0.3) is 0 Å². The van der Waals surface area contributed by atoms with Crippen molar-refractivity contribution in [1.82, 2.24) is 0 Å². The lowest BCUT2D eigenvalue weighted by Crippen LogP contribution is -2.42. The highest BCUT2D eigenvalue weighted by Gasteiger charge is 2.64. The zero-order chi connectivity index (χ0) is 28.1. The molecule has 0 amide bonds. The molecule has 5 rings (SSSR count). The maximum Gasteiger partial charge on any atom is 0.208 e. The van der Waals surface area contributed by atoms with E-state index in [4.69, 9.17) is 4.74 Å². The van der Waals surface area contributed by atoms with E-state index in [1.54, 1.807) is 0 Å². The third kappa shape index (κ3) is 6.42. The average molecular weight is 567 g/mol. The Morgan fingerprint density at radius 1 is 0.923 bits per heavy atom. The van der Waals surface area contributed by atoms with Crippen LogP contribution in [0.3, 0.4) is 0 Å². The van der Waals surface area contributed by atoms with Crippen molar-refractivity contribution in [3.8, 4) is 5.75 Å². The molecule has 0 aromatic heterocycles. The maximum absolute atomic E-state index is 11.8. The Labute approximate surface area is 236 Å². The van der Waals surface area contributed by atoms with Gasteiger partial charge in [-0.15, -0.1) is 0 Å². The Bertz CT molecular complexity index is 1320. The van der Waals surface area contributed by atoms with Gasteiger partial charge in [-0.2, -0.15) is 0 Å². The SMILES string of the molecule is CC1(C)C2CCC1(CS(=O)(=O)[O-])C(=O)C2.CCCCOc1ccccc1[S+](c1ccccc1)c1ccccc1. The molecule has 7 heteroatoms. The average Bonchev–Trinajstić information content (AvgIpc) is 3.25. The van der Waals surface area contributed by atoms with E-state index >= 15 is 0 Å². The molecule has 0 spiro atoms. The normalized spacial score (nSPS) is 21.5. The fraction of sp³-hybridized carbons (Fsp3) is 0.406.